The second-order valence-corrected chi connectivity index (χ2v) is 11.9. The van der Waals surface area contributed by atoms with E-state index >= 15 is 0 Å². The van der Waals surface area contributed by atoms with Crippen LogP contribution in [0.25, 0.3) is 0 Å². The number of ether oxygens (including phenoxy) is 2. The predicted molar refractivity (Wildman–Crippen MR) is 156 cm³/mol. The standard InChI is InChI=1S/C31H20N4O6S2/c1-17-14-23(40-12-10-34-27(36)19-6-2-3-7-20(19)28(34)37)25-26(43-31(42-25)18(15-32)16-33)24(17)41-13-11-35-29(38)21-8-4-5-9-22(21)30(35)39/h2-9,14H,10-13H2,1H3. The summed E-state index contributed by atoms with van der Waals surface area (Å²) >= 11 is 2.39. The Labute approximate surface area is 254 Å². The second kappa shape index (κ2) is 11.3. The highest BCUT2D eigenvalue weighted by atomic mass is 32.2. The maximum absolute atomic E-state index is 12.7. The van der Waals surface area contributed by atoms with Gasteiger partial charge >= 0.3 is 0 Å². The quantitative estimate of drug-likeness (QED) is 0.259. The minimum Gasteiger partial charge on any atom is -0.490 e. The van der Waals surface area contributed by atoms with E-state index in [0.29, 0.717) is 53.3 Å². The van der Waals surface area contributed by atoms with Crippen LogP contribution in [0.15, 0.2) is 74.2 Å². The van der Waals surface area contributed by atoms with Crippen molar-refractivity contribution >= 4 is 47.2 Å². The maximum Gasteiger partial charge on any atom is 0.261 e. The molecule has 0 spiro atoms. The van der Waals surface area contributed by atoms with Crippen molar-refractivity contribution in [2.45, 2.75) is 16.7 Å². The third-order valence-corrected chi connectivity index (χ3v) is 9.66. The van der Waals surface area contributed by atoms with E-state index < -0.39 is 0 Å². The smallest absolute Gasteiger partial charge is 0.261 e. The molecule has 4 amide bonds. The van der Waals surface area contributed by atoms with Crippen LogP contribution in [0.4, 0.5) is 0 Å². The first kappa shape index (κ1) is 28.1. The Kier molecular flexibility index (Phi) is 7.40. The Morgan fingerprint density at radius 1 is 0.721 bits per heavy atom. The molecule has 3 aliphatic rings. The second-order valence-electron chi connectivity index (χ2n) is 9.58. The van der Waals surface area contributed by atoms with Crippen molar-refractivity contribution in [2.24, 2.45) is 0 Å². The Hall–Kier alpha value is -5.04. The molecule has 0 N–H and O–H groups in total. The van der Waals surface area contributed by atoms with Crippen molar-refractivity contribution in [3.8, 4) is 23.6 Å². The lowest BCUT2D eigenvalue weighted by Crippen LogP contribution is -2.33. The highest BCUT2D eigenvalue weighted by molar-refractivity contribution is 8.24. The molecule has 0 saturated heterocycles. The van der Waals surface area contributed by atoms with Crippen molar-refractivity contribution in [3.63, 3.8) is 0 Å². The van der Waals surface area contributed by atoms with Gasteiger partial charge in [0.25, 0.3) is 23.6 Å². The van der Waals surface area contributed by atoms with Crippen LogP contribution in [0.3, 0.4) is 0 Å². The molecule has 0 fully saturated rings. The molecule has 43 heavy (non-hydrogen) atoms. The van der Waals surface area contributed by atoms with Gasteiger partial charge in [0.2, 0.25) is 0 Å². The normalized spacial score (nSPS) is 14.8. The van der Waals surface area contributed by atoms with Crippen LogP contribution >= 0.6 is 23.5 Å². The minimum absolute atomic E-state index is 0.0188. The molecule has 6 rings (SSSR count). The summed E-state index contributed by atoms with van der Waals surface area (Å²) < 4.78 is 12.6. The number of hydrogen-bond acceptors (Lipinski definition) is 10. The number of nitrogens with zero attached hydrogens (tertiary/aromatic N) is 4. The fraction of sp³-hybridized carbons (Fsp3) is 0.161. The molecule has 212 valence electrons. The first-order chi connectivity index (χ1) is 20.8. The van der Waals surface area contributed by atoms with Crippen molar-refractivity contribution < 1.29 is 28.7 Å². The van der Waals surface area contributed by atoms with Gasteiger partial charge in [-0.1, -0.05) is 47.8 Å². The Morgan fingerprint density at radius 3 is 1.63 bits per heavy atom. The van der Waals surface area contributed by atoms with Crippen molar-refractivity contribution in [3.05, 3.63) is 92.2 Å². The zero-order chi connectivity index (χ0) is 30.2. The summed E-state index contributed by atoms with van der Waals surface area (Å²) in [6.45, 7) is 1.90. The van der Waals surface area contributed by atoms with Gasteiger partial charge in [0.15, 0.2) is 0 Å². The average molecular weight is 609 g/mol. The van der Waals surface area contributed by atoms with E-state index in [4.69, 9.17) is 9.47 Å². The molecular formula is C31H20N4O6S2. The Balaban J connectivity index is 1.20. The van der Waals surface area contributed by atoms with E-state index in [1.807, 2.05) is 12.1 Å². The number of aryl methyl sites for hydroxylation is 1. The summed E-state index contributed by atoms with van der Waals surface area (Å²) in [4.78, 5) is 54.5. The van der Waals surface area contributed by atoms with Gasteiger partial charge in [-0.3, -0.25) is 29.0 Å². The number of rotatable bonds is 8. The fourth-order valence-corrected chi connectivity index (χ4v) is 7.58. The summed E-state index contributed by atoms with van der Waals surface area (Å²) in [6, 6.07) is 18.8. The molecule has 3 aromatic rings. The highest BCUT2D eigenvalue weighted by Crippen LogP contribution is 2.59. The number of thioether (sulfide) groups is 2. The molecule has 0 bridgehead atoms. The third-order valence-electron chi connectivity index (χ3n) is 7.05. The molecule has 10 nitrogen and oxygen atoms in total. The molecule has 0 radical (unpaired) electrons. The number of hydrogen-bond donors (Lipinski definition) is 0. The van der Waals surface area contributed by atoms with Crippen LogP contribution in [-0.4, -0.2) is 59.7 Å². The van der Waals surface area contributed by atoms with E-state index in [1.54, 1.807) is 61.5 Å². The summed E-state index contributed by atoms with van der Waals surface area (Å²) in [5, 5.41) is 18.9. The van der Waals surface area contributed by atoms with Crippen LogP contribution in [0.5, 0.6) is 11.5 Å². The van der Waals surface area contributed by atoms with Crippen molar-refractivity contribution in [1.29, 1.82) is 10.5 Å². The number of imide groups is 2. The molecule has 0 aromatic heterocycles. The number of carbonyl (C=O) groups excluding carboxylic acids is 4. The number of carbonyl (C=O) groups is 4. The van der Waals surface area contributed by atoms with Gasteiger partial charge in [0.05, 0.1) is 49.4 Å². The largest absolute Gasteiger partial charge is 0.490 e. The molecule has 3 aliphatic heterocycles. The van der Waals surface area contributed by atoms with E-state index in [1.165, 1.54) is 23.5 Å². The van der Waals surface area contributed by atoms with E-state index in [2.05, 4.69) is 0 Å². The van der Waals surface area contributed by atoms with Crippen molar-refractivity contribution in [2.75, 3.05) is 26.3 Å². The SMILES string of the molecule is Cc1cc(OCCN2C(=O)c3ccccc3C2=O)c2c(c1OCCN1C(=O)c3ccccc3C1=O)SC(=C(C#N)C#N)S2. The fourth-order valence-electron chi connectivity index (χ4n) is 4.99. The molecule has 3 heterocycles. The number of fused-ring (bicyclic) bond motifs is 3. The average Bonchev–Trinajstić information content (AvgIpc) is 3.63. The zero-order valence-electron chi connectivity index (χ0n) is 22.6. The summed E-state index contributed by atoms with van der Waals surface area (Å²) in [6.07, 6.45) is 0. The van der Waals surface area contributed by atoms with Gasteiger partial charge in [0, 0.05) is 0 Å². The van der Waals surface area contributed by atoms with Crippen LogP contribution in [0.2, 0.25) is 0 Å². The molecule has 0 aliphatic carbocycles. The highest BCUT2D eigenvalue weighted by Gasteiger charge is 2.37. The summed E-state index contributed by atoms with van der Waals surface area (Å²) in [7, 11) is 0. The lowest BCUT2D eigenvalue weighted by Gasteiger charge is -2.19. The van der Waals surface area contributed by atoms with Gasteiger partial charge in [-0.15, -0.1) is 0 Å². The molecule has 0 saturated carbocycles. The van der Waals surface area contributed by atoms with Crippen LogP contribution in [-0.2, 0) is 0 Å². The summed E-state index contributed by atoms with van der Waals surface area (Å²) in [5.41, 5.74) is 2.05. The maximum atomic E-state index is 12.7. The first-order valence-electron chi connectivity index (χ1n) is 13.1. The van der Waals surface area contributed by atoms with E-state index in [-0.39, 0.29) is 55.5 Å². The van der Waals surface area contributed by atoms with Gasteiger partial charge in [-0.05, 0) is 42.8 Å². The van der Waals surface area contributed by atoms with E-state index in [0.717, 1.165) is 9.80 Å². The van der Waals surface area contributed by atoms with Gasteiger partial charge in [-0.25, -0.2) is 0 Å². The zero-order valence-corrected chi connectivity index (χ0v) is 24.2. The predicted octanol–water partition coefficient (Wildman–Crippen LogP) is 4.80. The van der Waals surface area contributed by atoms with Crippen LogP contribution in [0.1, 0.15) is 47.0 Å². The number of amides is 4. The number of nitriles is 2. The van der Waals surface area contributed by atoms with Gasteiger partial charge in [-0.2, -0.15) is 10.5 Å². The first-order valence-corrected chi connectivity index (χ1v) is 14.7. The lowest BCUT2D eigenvalue weighted by atomic mass is 10.1. The van der Waals surface area contributed by atoms with Crippen LogP contribution < -0.4 is 9.47 Å². The molecule has 3 aromatic carbocycles. The molecule has 0 atom stereocenters. The minimum atomic E-state index is -0.379. The lowest BCUT2D eigenvalue weighted by molar-refractivity contribution is 0.0615. The number of allylic oxidation sites excluding steroid dienone is 1. The van der Waals surface area contributed by atoms with Crippen molar-refractivity contribution in [1.82, 2.24) is 9.80 Å². The van der Waals surface area contributed by atoms with E-state index in [9.17, 15) is 29.7 Å². The Morgan fingerprint density at radius 2 is 1.16 bits per heavy atom. The van der Waals surface area contributed by atoms with Gasteiger partial charge < -0.3 is 9.47 Å². The molecule has 12 heteroatoms. The monoisotopic (exact) mass is 608 g/mol. The molecular weight excluding hydrogens is 588 g/mol. The van der Waals surface area contributed by atoms with Gasteiger partial charge in [0.1, 0.15) is 42.4 Å². The topological polar surface area (TPSA) is 141 Å². The molecule has 0 unspecified atom stereocenters. The third kappa shape index (κ3) is 4.80. The Bertz CT molecular complexity index is 1790. The summed E-state index contributed by atoms with van der Waals surface area (Å²) in [5.74, 6) is -0.598. The van der Waals surface area contributed by atoms with Crippen LogP contribution in [0, 0.1) is 29.6 Å². The number of benzene rings is 3.